The van der Waals surface area contributed by atoms with Gasteiger partial charge < -0.3 is 29.3 Å². The second-order valence-electron chi connectivity index (χ2n) is 6.78. The fourth-order valence-corrected chi connectivity index (χ4v) is 3.03. The molecule has 0 aliphatic carbocycles. The molecule has 0 unspecified atom stereocenters. The Morgan fingerprint density at radius 1 is 1.00 bits per heavy atom. The van der Waals surface area contributed by atoms with Gasteiger partial charge in [-0.2, -0.15) is 15.0 Å². The van der Waals surface area contributed by atoms with Crippen molar-refractivity contribution in [3.8, 4) is 17.5 Å². The molecule has 2 N–H and O–H groups in total. The molecule has 11 nitrogen and oxygen atoms in total. The van der Waals surface area contributed by atoms with Crippen LogP contribution in [0.2, 0.25) is 0 Å². The summed E-state index contributed by atoms with van der Waals surface area (Å²) in [6, 6.07) is 15.2. The molecule has 2 heterocycles. The van der Waals surface area contributed by atoms with Crippen LogP contribution >= 0.6 is 0 Å². The quantitative estimate of drug-likeness (QED) is 0.279. The fourth-order valence-electron chi connectivity index (χ4n) is 3.03. The number of rotatable bonds is 9. The van der Waals surface area contributed by atoms with Gasteiger partial charge in [-0.1, -0.05) is 24.3 Å². The molecule has 0 bridgehead atoms. The fraction of sp³-hybridized carbons (Fsp3) is 0.174. The average Bonchev–Trinajstić information content (AvgIpc) is 2.83. The van der Waals surface area contributed by atoms with Crippen LogP contribution in [0.15, 0.2) is 63.8 Å². The van der Waals surface area contributed by atoms with Crippen LogP contribution in [0, 0.1) is 0 Å². The zero-order valence-electron chi connectivity index (χ0n) is 18.4. The standard InChI is InChI=1S/C23H21N5O6/c1-3-32-20(30)13-24-21-26-22(25-15-9-5-7-11-17(15)31-2)28-23(27-21)34-18-12-19(29)33-16-10-6-4-8-14(16)18/h4-12H,3,13H2,1-2H3,(H2,24,25,26,27,28). The van der Waals surface area contributed by atoms with Gasteiger partial charge in [0.1, 0.15) is 23.6 Å². The van der Waals surface area contributed by atoms with E-state index in [0.29, 0.717) is 22.4 Å². The summed E-state index contributed by atoms with van der Waals surface area (Å²) < 4.78 is 21.3. The third kappa shape index (κ3) is 5.38. The molecule has 0 aliphatic heterocycles. The molecule has 11 heteroatoms. The Kier molecular flexibility index (Phi) is 6.82. The van der Waals surface area contributed by atoms with Crippen LogP contribution in [0.25, 0.3) is 11.0 Å². The van der Waals surface area contributed by atoms with Crippen molar-refractivity contribution in [1.82, 2.24) is 15.0 Å². The molecular weight excluding hydrogens is 442 g/mol. The Hall–Kier alpha value is -4.67. The maximum Gasteiger partial charge on any atom is 0.339 e. The zero-order chi connectivity index (χ0) is 23.9. The number of para-hydroxylation sites is 3. The highest BCUT2D eigenvalue weighted by Gasteiger charge is 2.14. The van der Waals surface area contributed by atoms with Crippen molar-refractivity contribution in [2.24, 2.45) is 0 Å². The van der Waals surface area contributed by atoms with Crippen LogP contribution in [-0.4, -0.2) is 41.2 Å². The number of benzene rings is 2. The summed E-state index contributed by atoms with van der Waals surface area (Å²) in [5.41, 5.74) is 0.368. The summed E-state index contributed by atoms with van der Waals surface area (Å²) in [7, 11) is 1.54. The molecule has 4 rings (SSSR count). The van der Waals surface area contributed by atoms with Crippen molar-refractivity contribution in [2.75, 3.05) is 30.9 Å². The number of nitrogens with zero attached hydrogens (tertiary/aromatic N) is 3. The molecule has 0 spiro atoms. The smallest absolute Gasteiger partial charge is 0.339 e. The average molecular weight is 463 g/mol. The van der Waals surface area contributed by atoms with Gasteiger partial charge in [0.2, 0.25) is 11.9 Å². The molecule has 2 aromatic heterocycles. The maximum atomic E-state index is 12.0. The molecule has 0 radical (unpaired) electrons. The van der Waals surface area contributed by atoms with E-state index in [9.17, 15) is 9.59 Å². The molecule has 0 saturated carbocycles. The van der Waals surface area contributed by atoms with Crippen molar-refractivity contribution >= 4 is 34.5 Å². The van der Waals surface area contributed by atoms with Crippen molar-refractivity contribution < 1.29 is 23.4 Å². The number of ether oxygens (including phenoxy) is 3. The van der Waals surface area contributed by atoms with Crippen molar-refractivity contribution in [3.05, 3.63) is 65.0 Å². The van der Waals surface area contributed by atoms with Gasteiger partial charge in [-0.05, 0) is 31.2 Å². The molecule has 0 fully saturated rings. The Bertz CT molecular complexity index is 1370. The molecule has 174 valence electrons. The van der Waals surface area contributed by atoms with E-state index in [1.54, 1.807) is 50.4 Å². The lowest BCUT2D eigenvalue weighted by atomic mass is 10.2. The molecular formula is C23H21N5O6. The minimum atomic E-state index is -0.587. The summed E-state index contributed by atoms with van der Waals surface area (Å²) in [6.45, 7) is 1.79. The first-order chi connectivity index (χ1) is 16.6. The second-order valence-corrected chi connectivity index (χ2v) is 6.78. The number of methoxy groups -OCH3 is 1. The maximum absolute atomic E-state index is 12.0. The molecule has 34 heavy (non-hydrogen) atoms. The predicted octanol–water partition coefficient (Wildman–Crippen LogP) is 3.50. The summed E-state index contributed by atoms with van der Waals surface area (Å²) in [5.74, 6) is 0.475. The van der Waals surface area contributed by atoms with Crippen LogP contribution in [0.5, 0.6) is 17.5 Å². The lowest BCUT2D eigenvalue weighted by Gasteiger charge is -2.12. The minimum absolute atomic E-state index is 0.0581. The second kappa shape index (κ2) is 10.3. The van der Waals surface area contributed by atoms with Gasteiger partial charge in [-0.25, -0.2) is 4.79 Å². The van der Waals surface area contributed by atoms with Gasteiger partial charge in [-0.15, -0.1) is 0 Å². The number of esters is 1. The van der Waals surface area contributed by atoms with Crippen molar-refractivity contribution in [2.45, 2.75) is 6.92 Å². The first-order valence-corrected chi connectivity index (χ1v) is 10.3. The van der Waals surface area contributed by atoms with Crippen LogP contribution in [-0.2, 0) is 9.53 Å². The summed E-state index contributed by atoms with van der Waals surface area (Å²) in [4.78, 5) is 36.6. The first kappa shape index (κ1) is 22.5. The Morgan fingerprint density at radius 2 is 1.76 bits per heavy atom. The number of carbonyl (C=O) groups is 1. The SMILES string of the molecule is CCOC(=O)CNc1nc(Nc2ccccc2OC)nc(Oc2cc(=O)oc3ccccc23)n1. The Labute approximate surface area is 193 Å². The zero-order valence-corrected chi connectivity index (χ0v) is 18.4. The topological polar surface area (TPSA) is 138 Å². The predicted molar refractivity (Wildman–Crippen MR) is 124 cm³/mol. The van der Waals surface area contributed by atoms with E-state index in [-0.39, 0.29) is 36.8 Å². The first-order valence-electron chi connectivity index (χ1n) is 10.3. The number of aromatic nitrogens is 3. The van der Waals surface area contributed by atoms with Crippen LogP contribution in [0.3, 0.4) is 0 Å². The summed E-state index contributed by atoms with van der Waals surface area (Å²) in [6.07, 6.45) is 0. The summed E-state index contributed by atoms with van der Waals surface area (Å²) in [5, 5.41) is 6.40. The molecule has 0 saturated heterocycles. The molecule has 0 amide bonds. The van der Waals surface area contributed by atoms with Gasteiger partial charge >= 0.3 is 17.6 Å². The van der Waals surface area contributed by atoms with Crippen LogP contribution in [0.4, 0.5) is 17.6 Å². The van der Waals surface area contributed by atoms with E-state index < -0.39 is 11.6 Å². The van der Waals surface area contributed by atoms with E-state index in [4.69, 9.17) is 18.6 Å². The van der Waals surface area contributed by atoms with E-state index in [1.165, 1.54) is 6.07 Å². The number of fused-ring (bicyclic) bond motifs is 1. The number of hydrogen-bond donors (Lipinski definition) is 2. The van der Waals surface area contributed by atoms with E-state index >= 15 is 0 Å². The van der Waals surface area contributed by atoms with Crippen LogP contribution in [0.1, 0.15) is 6.92 Å². The Morgan fingerprint density at radius 3 is 2.59 bits per heavy atom. The number of hydrogen-bond acceptors (Lipinski definition) is 11. The van der Waals surface area contributed by atoms with Crippen molar-refractivity contribution in [1.29, 1.82) is 0 Å². The van der Waals surface area contributed by atoms with Crippen LogP contribution < -0.4 is 25.7 Å². The normalized spacial score (nSPS) is 10.5. The van der Waals surface area contributed by atoms with E-state index in [0.717, 1.165) is 0 Å². The highest BCUT2D eigenvalue weighted by Crippen LogP contribution is 2.29. The van der Waals surface area contributed by atoms with E-state index in [1.807, 2.05) is 12.1 Å². The monoisotopic (exact) mass is 463 g/mol. The molecule has 4 aromatic rings. The van der Waals surface area contributed by atoms with Gasteiger partial charge in [-0.3, -0.25) is 4.79 Å². The highest BCUT2D eigenvalue weighted by molar-refractivity contribution is 5.83. The third-order valence-electron chi connectivity index (χ3n) is 4.48. The molecule has 2 aromatic carbocycles. The van der Waals surface area contributed by atoms with E-state index in [2.05, 4.69) is 25.6 Å². The third-order valence-corrected chi connectivity index (χ3v) is 4.48. The number of anilines is 3. The number of nitrogens with one attached hydrogen (secondary N) is 2. The Balaban J connectivity index is 1.70. The highest BCUT2D eigenvalue weighted by atomic mass is 16.5. The number of carbonyl (C=O) groups excluding carboxylic acids is 1. The lowest BCUT2D eigenvalue weighted by Crippen LogP contribution is -2.18. The molecule has 0 atom stereocenters. The van der Waals surface area contributed by atoms with Gasteiger partial charge in [0.05, 0.1) is 30.9 Å². The largest absolute Gasteiger partial charge is 0.495 e. The van der Waals surface area contributed by atoms with Gasteiger partial charge in [0.25, 0.3) is 0 Å². The van der Waals surface area contributed by atoms with Crippen molar-refractivity contribution in [3.63, 3.8) is 0 Å². The molecule has 0 aliphatic rings. The summed E-state index contributed by atoms with van der Waals surface area (Å²) >= 11 is 0. The van der Waals surface area contributed by atoms with Gasteiger partial charge in [0, 0.05) is 0 Å². The lowest BCUT2D eigenvalue weighted by molar-refractivity contribution is -0.140. The minimum Gasteiger partial charge on any atom is -0.495 e. The van der Waals surface area contributed by atoms with Gasteiger partial charge in [0.15, 0.2) is 0 Å².